The second-order valence-electron chi connectivity index (χ2n) is 8.59. The molecule has 2 aromatic carbocycles. The molecule has 2 N–H and O–H groups in total. The minimum absolute atomic E-state index is 0.0951. The third-order valence-electron chi connectivity index (χ3n) is 6.01. The molecule has 9 nitrogen and oxygen atoms in total. The standard InChI is InChI=1S/C25H33N3O6S/c1-18-11-14-28(15-12-18)25(30)21-17-19(9-10-23(21)34-3)35(31,32)27-22-8-5-4-7-20(22)24(29)26-13-6-16-33-2/h4-5,7-10,17-18,27H,6,11-16H2,1-3H3,(H,26,29). The van der Waals surface area contributed by atoms with Gasteiger partial charge in [-0.25, -0.2) is 8.42 Å². The maximum Gasteiger partial charge on any atom is 0.261 e. The maximum absolute atomic E-state index is 13.2. The lowest BCUT2D eigenvalue weighted by molar-refractivity contribution is 0.0693. The molecule has 0 radical (unpaired) electrons. The van der Waals surface area contributed by atoms with Gasteiger partial charge in [-0.15, -0.1) is 0 Å². The number of benzene rings is 2. The lowest BCUT2D eigenvalue weighted by Crippen LogP contribution is -2.38. The second-order valence-corrected chi connectivity index (χ2v) is 10.3. The van der Waals surface area contributed by atoms with E-state index in [0.29, 0.717) is 44.3 Å². The first-order valence-corrected chi connectivity index (χ1v) is 13.1. The van der Waals surface area contributed by atoms with Crippen LogP contribution in [0.25, 0.3) is 0 Å². The van der Waals surface area contributed by atoms with Crippen LogP contribution in [0.1, 0.15) is 46.9 Å². The van der Waals surface area contributed by atoms with Gasteiger partial charge in [0.25, 0.3) is 21.8 Å². The van der Waals surface area contributed by atoms with Gasteiger partial charge in [0.05, 0.1) is 28.8 Å². The fourth-order valence-corrected chi connectivity index (χ4v) is 5.00. The van der Waals surface area contributed by atoms with Crippen LogP contribution in [0.4, 0.5) is 5.69 Å². The van der Waals surface area contributed by atoms with Gasteiger partial charge in [0, 0.05) is 33.4 Å². The summed E-state index contributed by atoms with van der Waals surface area (Å²) in [6.07, 6.45) is 2.44. The van der Waals surface area contributed by atoms with E-state index in [-0.39, 0.29) is 27.6 Å². The quantitative estimate of drug-likeness (QED) is 0.482. The van der Waals surface area contributed by atoms with Crippen molar-refractivity contribution in [2.24, 2.45) is 5.92 Å². The third-order valence-corrected chi connectivity index (χ3v) is 7.37. The number of hydrogen-bond donors (Lipinski definition) is 2. The Morgan fingerprint density at radius 1 is 1.06 bits per heavy atom. The summed E-state index contributed by atoms with van der Waals surface area (Å²) in [7, 11) is -1.07. The number of anilines is 1. The van der Waals surface area contributed by atoms with E-state index in [1.165, 1.54) is 31.4 Å². The number of ether oxygens (including phenoxy) is 2. The predicted molar refractivity (Wildman–Crippen MR) is 133 cm³/mol. The Hall–Kier alpha value is -3.11. The molecule has 0 atom stereocenters. The Morgan fingerprint density at radius 2 is 1.77 bits per heavy atom. The molecule has 0 aliphatic carbocycles. The van der Waals surface area contributed by atoms with E-state index in [0.717, 1.165) is 12.8 Å². The summed E-state index contributed by atoms with van der Waals surface area (Å²) in [6.45, 7) is 4.28. The van der Waals surface area contributed by atoms with Crippen LogP contribution in [0, 0.1) is 5.92 Å². The molecule has 0 bridgehead atoms. The summed E-state index contributed by atoms with van der Waals surface area (Å²) in [6, 6.07) is 10.5. The number of hydrogen-bond acceptors (Lipinski definition) is 6. The smallest absolute Gasteiger partial charge is 0.261 e. The van der Waals surface area contributed by atoms with Gasteiger partial charge in [-0.05, 0) is 55.5 Å². The second kappa shape index (κ2) is 12.0. The van der Waals surface area contributed by atoms with E-state index >= 15 is 0 Å². The van der Waals surface area contributed by atoms with Crippen molar-refractivity contribution >= 4 is 27.5 Å². The molecule has 0 unspecified atom stereocenters. The molecule has 1 aliphatic rings. The Labute approximate surface area is 206 Å². The number of carbonyl (C=O) groups excluding carboxylic acids is 2. The first-order chi connectivity index (χ1) is 16.8. The fraction of sp³-hybridized carbons (Fsp3) is 0.440. The molecule has 2 aromatic rings. The Kier molecular flexibility index (Phi) is 9.11. The van der Waals surface area contributed by atoms with Crippen molar-refractivity contribution in [3.05, 3.63) is 53.6 Å². The van der Waals surface area contributed by atoms with Gasteiger partial charge < -0.3 is 19.7 Å². The largest absolute Gasteiger partial charge is 0.496 e. The predicted octanol–water partition coefficient (Wildman–Crippen LogP) is 3.13. The summed E-state index contributed by atoms with van der Waals surface area (Å²) in [4.78, 5) is 27.4. The van der Waals surface area contributed by atoms with Crippen molar-refractivity contribution < 1.29 is 27.5 Å². The summed E-state index contributed by atoms with van der Waals surface area (Å²) >= 11 is 0. The fourth-order valence-electron chi connectivity index (χ4n) is 3.89. The SMILES string of the molecule is COCCCNC(=O)c1ccccc1NS(=O)(=O)c1ccc(OC)c(C(=O)N2CCC(C)CC2)c1. The Morgan fingerprint density at radius 3 is 2.46 bits per heavy atom. The highest BCUT2D eigenvalue weighted by atomic mass is 32.2. The zero-order valence-corrected chi connectivity index (χ0v) is 21.2. The van der Waals surface area contributed by atoms with Gasteiger partial charge >= 0.3 is 0 Å². The number of rotatable bonds is 10. The lowest BCUT2D eigenvalue weighted by atomic mass is 9.98. The minimum Gasteiger partial charge on any atom is -0.496 e. The molecule has 190 valence electrons. The zero-order chi connectivity index (χ0) is 25.4. The van der Waals surface area contributed by atoms with Gasteiger partial charge in [-0.2, -0.15) is 0 Å². The van der Waals surface area contributed by atoms with E-state index < -0.39 is 15.9 Å². The molecule has 3 rings (SSSR count). The van der Waals surface area contributed by atoms with Crippen LogP contribution >= 0.6 is 0 Å². The van der Waals surface area contributed by atoms with Gasteiger partial charge in [0.2, 0.25) is 0 Å². The van der Waals surface area contributed by atoms with Gasteiger partial charge in [0.1, 0.15) is 5.75 Å². The summed E-state index contributed by atoms with van der Waals surface area (Å²) in [5.41, 5.74) is 0.528. The van der Waals surface area contributed by atoms with E-state index in [9.17, 15) is 18.0 Å². The highest BCUT2D eigenvalue weighted by Gasteiger charge is 2.26. The van der Waals surface area contributed by atoms with Crippen LogP contribution in [-0.4, -0.2) is 65.6 Å². The van der Waals surface area contributed by atoms with E-state index in [4.69, 9.17) is 9.47 Å². The molecule has 0 saturated carbocycles. The molecule has 10 heteroatoms. The minimum atomic E-state index is -4.10. The number of likely N-dealkylation sites (tertiary alicyclic amines) is 1. The van der Waals surface area contributed by atoms with Crippen LogP contribution < -0.4 is 14.8 Å². The first kappa shape index (κ1) is 26.5. The lowest BCUT2D eigenvalue weighted by Gasteiger charge is -2.30. The number of sulfonamides is 1. The number of nitrogens with one attached hydrogen (secondary N) is 2. The zero-order valence-electron chi connectivity index (χ0n) is 20.4. The molecular formula is C25H33N3O6S. The number of amides is 2. The third kappa shape index (κ3) is 6.73. The van der Waals surface area contributed by atoms with Crippen molar-refractivity contribution in [3.8, 4) is 5.75 Å². The normalized spacial score (nSPS) is 14.4. The topological polar surface area (TPSA) is 114 Å². The van der Waals surface area contributed by atoms with Gasteiger partial charge in [-0.3, -0.25) is 14.3 Å². The molecule has 1 fully saturated rings. The average Bonchev–Trinajstić information content (AvgIpc) is 2.86. The summed E-state index contributed by atoms with van der Waals surface area (Å²) in [5, 5.41) is 2.76. The highest BCUT2D eigenvalue weighted by molar-refractivity contribution is 7.92. The van der Waals surface area contributed by atoms with Crippen LogP contribution in [0.15, 0.2) is 47.4 Å². The molecule has 1 heterocycles. The van der Waals surface area contributed by atoms with Gasteiger partial charge in [0.15, 0.2) is 0 Å². The van der Waals surface area contributed by atoms with Crippen molar-refractivity contribution in [1.29, 1.82) is 0 Å². The number of nitrogens with zero attached hydrogens (tertiary/aromatic N) is 1. The van der Waals surface area contributed by atoms with Crippen LogP contribution in [0.2, 0.25) is 0 Å². The monoisotopic (exact) mass is 503 g/mol. The van der Waals surface area contributed by atoms with E-state index in [1.807, 2.05) is 0 Å². The highest BCUT2D eigenvalue weighted by Crippen LogP contribution is 2.28. The Bertz CT molecular complexity index is 1140. The number of carbonyl (C=O) groups is 2. The van der Waals surface area contributed by atoms with Crippen LogP contribution in [-0.2, 0) is 14.8 Å². The van der Waals surface area contributed by atoms with Crippen molar-refractivity contribution in [2.45, 2.75) is 31.1 Å². The maximum atomic E-state index is 13.2. The van der Waals surface area contributed by atoms with Crippen LogP contribution in [0.3, 0.4) is 0 Å². The molecule has 1 saturated heterocycles. The van der Waals surface area contributed by atoms with Crippen molar-refractivity contribution in [1.82, 2.24) is 10.2 Å². The molecule has 1 aliphatic heterocycles. The molecule has 0 spiro atoms. The Balaban J connectivity index is 1.84. The molecule has 0 aromatic heterocycles. The number of para-hydroxylation sites is 1. The number of methoxy groups -OCH3 is 2. The molecule has 2 amide bonds. The van der Waals surface area contributed by atoms with Crippen LogP contribution in [0.5, 0.6) is 5.75 Å². The summed E-state index contributed by atoms with van der Waals surface area (Å²) in [5.74, 6) is 0.198. The summed E-state index contributed by atoms with van der Waals surface area (Å²) < 4.78 is 39.3. The van der Waals surface area contributed by atoms with E-state index in [2.05, 4.69) is 17.0 Å². The van der Waals surface area contributed by atoms with Gasteiger partial charge in [-0.1, -0.05) is 19.1 Å². The average molecular weight is 504 g/mol. The van der Waals surface area contributed by atoms with Crippen molar-refractivity contribution in [2.75, 3.05) is 45.2 Å². The molecule has 35 heavy (non-hydrogen) atoms. The first-order valence-electron chi connectivity index (χ1n) is 11.6. The molecular weight excluding hydrogens is 470 g/mol. The van der Waals surface area contributed by atoms with Crippen molar-refractivity contribution in [3.63, 3.8) is 0 Å². The number of piperidine rings is 1. The van der Waals surface area contributed by atoms with E-state index in [1.54, 1.807) is 30.2 Å².